The molecular formula is C20H24FN3O5. The maximum Gasteiger partial charge on any atom is 0.511 e. The smallest absolute Gasteiger partial charge is 0.493 e. The van der Waals surface area contributed by atoms with Crippen molar-refractivity contribution in [2.24, 2.45) is 0 Å². The number of methoxy groups -OCH3 is 1. The van der Waals surface area contributed by atoms with Crippen LogP contribution in [0, 0.1) is 5.82 Å². The van der Waals surface area contributed by atoms with Crippen LogP contribution in [0.2, 0.25) is 0 Å². The SMILES string of the molecule is COc1c(F)c(N2C[C@@H](C)N[C@@H](C)C2)cc2c1c(=O)c(OC(=O)O)cn2C1CC1. The van der Waals surface area contributed by atoms with Crippen molar-refractivity contribution >= 4 is 22.7 Å². The van der Waals surface area contributed by atoms with Crippen LogP contribution in [0.15, 0.2) is 17.1 Å². The van der Waals surface area contributed by atoms with E-state index in [2.05, 4.69) is 10.1 Å². The first-order chi connectivity index (χ1) is 13.8. The number of anilines is 1. The summed E-state index contributed by atoms with van der Waals surface area (Å²) in [6.45, 7) is 5.30. The zero-order valence-electron chi connectivity index (χ0n) is 16.6. The average Bonchev–Trinajstić information content (AvgIpc) is 3.47. The molecule has 0 spiro atoms. The van der Waals surface area contributed by atoms with Gasteiger partial charge in [-0.05, 0) is 32.8 Å². The number of hydrogen-bond acceptors (Lipinski definition) is 6. The molecule has 4 rings (SSSR count). The summed E-state index contributed by atoms with van der Waals surface area (Å²) in [4.78, 5) is 25.9. The van der Waals surface area contributed by atoms with Gasteiger partial charge in [-0.15, -0.1) is 0 Å². The number of aromatic nitrogens is 1. The minimum atomic E-state index is -1.59. The third kappa shape index (κ3) is 3.50. The molecule has 1 aliphatic carbocycles. The lowest BCUT2D eigenvalue weighted by Crippen LogP contribution is -2.54. The predicted molar refractivity (Wildman–Crippen MR) is 106 cm³/mol. The molecule has 2 N–H and O–H groups in total. The van der Waals surface area contributed by atoms with Gasteiger partial charge in [0.05, 0.1) is 29.9 Å². The number of carbonyl (C=O) groups is 1. The van der Waals surface area contributed by atoms with Crippen molar-refractivity contribution in [1.82, 2.24) is 9.88 Å². The topological polar surface area (TPSA) is 93.0 Å². The zero-order valence-corrected chi connectivity index (χ0v) is 16.6. The van der Waals surface area contributed by atoms with Crippen molar-refractivity contribution in [2.75, 3.05) is 25.1 Å². The van der Waals surface area contributed by atoms with Crippen LogP contribution in [0.4, 0.5) is 14.9 Å². The van der Waals surface area contributed by atoms with Gasteiger partial charge in [-0.1, -0.05) is 0 Å². The monoisotopic (exact) mass is 405 g/mol. The predicted octanol–water partition coefficient (Wildman–Crippen LogP) is 2.73. The standard InChI is InChI=1S/C20H24FN3O5/c1-10-7-23(8-11(2)22-10)14-6-13-16(19(28-3)17(14)21)18(25)15(29-20(26)27)9-24(13)12-4-5-12/h6,9-12,22H,4-5,7-8H2,1-3H3,(H,26,27)/t10-,11+. The van der Waals surface area contributed by atoms with E-state index in [1.54, 1.807) is 10.6 Å². The Bertz CT molecular complexity index is 1020. The molecule has 0 bridgehead atoms. The second-order valence-electron chi connectivity index (χ2n) is 7.84. The maximum absolute atomic E-state index is 15.5. The Kier molecular flexibility index (Phi) is 4.85. The fourth-order valence-corrected chi connectivity index (χ4v) is 4.18. The van der Waals surface area contributed by atoms with E-state index in [0.29, 0.717) is 24.3 Å². The molecule has 1 aromatic heterocycles. The summed E-state index contributed by atoms with van der Waals surface area (Å²) in [7, 11) is 1.30. The fraction of sp³-hybridized carbons (Fsp3) is 0.500. The van der Waals surface area contributed by atoms with E-state index in [0.717, 1.165) is 12.8 Å². The minimum absolute atomic E-state index is 0.00405. The molecule has 2 fully saturated rings. The van der Waals surface area contributed by atoms with E-state index >= 15 is 4.39 Å². The molecular weight excluding hydrogens is 381 g/mol. The Morgan fingerprint density at radius 2 is 1.93 bits per heavy atom. The normalized spacial score (nSPS) is 22.0. The van der Waals surface area contributed by atoms with Gasteiger partial charge in [0.25, 0.3) is 0 Å². The van der Waals surface area contributed by atoms with Gasteiger partial charge in [0.15, 0.2) is 17.3 Å². The van der Waals surface area contributed by atoms with Crippen LogP contribution in [-0.4, -0.2) is 48.1 Å². The molecule has 2 atom stereocenters. The number of nitrogens with one attached hydrogen (secondary N) is 1. The molecule has 1 saturated heterocycles. The summed E-state index contributed by atoms with van der Waals surface area (Å²) in [6.07, 6.45) is 1.59. The summed E-state index contributed by atoms with van der Waals surface area (Å²) < 4.78 is 27.3. The van der Waals surface area contributed by atoms with Gasteiger partial charge in [0.1, 0.15) is 0 Å². The van der Waals surface area contributed by atoms with E-state index in [-0.39, 0.29) is 35.0 Å². The molecule has 0 amide bonds. The molecule has 29 heavy (non-hydrogen) atoms. The first-order valence-electron chi connectivity index (χ1n) is 9.67. The number of halogens is 1. The number of rotatable bonds is 4. The van der Waals surface area contributed by atoms with Crippen molar-refractivity contribution in [3.63, 3.8) is 0 Å². The van der Waals surface area contributed by atoms with E-state index in [1.807, 2.05) is 18.7 Å². The third-order valence-corrected chi connectivity index (χ3v) is 5.41. The van der Waals surface area contributed by atoms with E-state index in [4.69, 9.17) is 9.84 Å². The number of benzene rings is 1. The number of nitrogens with zero attached hydrogens (tertiary/aromatic N) is 2. The lowest BCUT2D eigenvalue weighted by atomic mass is 10.1. The Balaban J connectivity index is 1.97. The van der Waals surface area contributed by atoms with E-state index < -0.39 is 17.4 Å². The molecule has 0 unspecified atom stereocenters. The summed E-state index contributed by atoms with van der Waals surface area (Å²) in [5.74, 6) is -1.17. The molecule has 2 heterocycles. The molecule has 1 saturated carbocycles. The number of carboxylic acid groups (broad SMARTS) is 1. The molecule has 0 radical (unpaired) electrons. The molecule has 1 aliphatic heterocycles. The largest absolute Gasteiger partial charge is 0.511 e. The number of ether oxygens (including phenoxy) is 2. The van der Waals surface area contributed by atoms with Crippen molar-refractivity contribution in [3.8, 4) is 11.5 Å². The Hall–Kier alpha value is -2.81. The maximum atomic E-state index is 15.5. The highest BCUT2D eigenvalue weighted by molar-refractivity contribution is 5.91. The van der Waals surface area contributed by atoms with Gasteiger partial charge in [-0.3, -0.25) is 4.79 Å². The van der Waals surface area contributed by atoms with E-state index in [1.165, 1.54) is 13.3 Å². The minimum Gasteiger partial charge on any atom is -0.493 e. The van der Waals surface area contributed by atoms with Crippen LogP contribution in [0.3, 0.4) is 0 Å². The summed E-state index contributed by atoms with van der Waals surface area (Å²) in [5.41, 5.74) is 0.182. The fourth-order valence-electron chi connectivity index (χ4n) is 4.18. The molecule has 9 heteroatoms. The van der Waals surface area contributed by atoms with Gasteiger partial charge >= 0.3 is 6.16 Å². The summed E-state index contributed by atoms with van der Waals surface area (Å²) in [6, 6.07) is 2.13. The second-order valence-corrected chi connectivity index (χ2v) is 7.84. The Labute approximate surface area is 166 Å². The van der Waals surface area contributed by atoms with Gasteiger partial charge < -0.3 is 29.4 Å². The van der Waals surface area contributed by atoms with E-state index in [9.17, 15) is 9.59 Å². The van der Waals surface area contributed by atoms with Crippen LogP contribution < -0.4 is 25.1 Å². The van der Waals surface area contributed by atoms with Gasteiger partial charge in [-0.2, -0.15) is 0 Å². The van der Waals surface area contributed by atoms with Gasteiger partial charge in [0, 0.05) is 31.2 Å². The Morgan fingerprint density at radius 3 is 2.48 bits per heavy atom. The first-order valence-corrected chi connectivity index (χ1v) is 9.67. The zero-order chi connectivity index (χ0) is 20.9. The van der Waals surface area contributed by atoms with Crippen molar-refractivity contribution in [2.45, 2.75) is 44.8 Å². The molecule has 156 valence electrons. The molecule has 8 nitrogen and oxygen atoms in total. The van der Waals surface area contributed by atoms with Gasteiger partial charge in [0.2, 0.25) is 5.43 Å². The highest BCUT2D eigenvalue weighted by atomic mass is 19.1. The van der Waals surface area contributed by atoms with Crippen LogP contribution in [0.1, 0.15) is 32.7 Å². The highest BCUT2D eigenvalue weighted by Crippen LogP contribution is 2.42. The van der Waals surface area contributed by atoms with Crippen molar-refractivity contribution in [1.29, 1.82) is 0 Å². The number of fused-ring (bicyclic) bond motifs is 1. The third-order valence-electron chi connectivity index (χ3n) is 5.41. The van der Waals surface area contributed by atoms with Crippen LogP contribution in [-0.2, 0) is 0 Å². The van der Waals surface area contributed by atoms with Crippen molar-refractivity contribution in [3.05, 3.63) is 28.3 Å². The summed E-state index contributed by atoms with van der Waals surface area (Å²) >= 11 is 0. The number of pyridine rings is 1. The highest BCUT2D eigenvalue weighted by Gasteiger charge is 2.31. The second kappa shape index (κ2) is 7.22. The summed E-state index contributed by atoms with van der Waals surface area (Å²) in [5, 5.41) is 12.4. The van der Waals surface area contributed by atoms with Gasteiger partial charge in [-0.25, -0.2) is 9.18 Å². The van der Waals surface area contributed by atoms with Crippen LogP contribution in [0.25, 0.3) is 10.9 Å². The molecule has 1 aromatic carbocycles. The lowest BCUT2D eigenvalue weighted by molar-refractivity contribution is 0.143. The van der Waals surface area contributed by atoms with Crippen molar-refractivity contribution < 1.29 is 23.8 Å². The first kappa shape index (κ1) is 19.5. The molecule has 2 aliphatic rings. The molecule has 2 aromatic rings. The lowest BCUT2D eigenvalue weighted by Gasteiger charge is -2.38. The van der Waals surface area contributed by atoms with Crippen LogP contribution in [0.5, 0.6) is 11.5 Å². The average molecular weight is 405 g/mol. The number of piperazine rings is 1. The van der Waals surface area contributed by atoms with Crippen LogP contribution >= 0.6 is 0 Å². The Morgan fingerprint density at radius 1 is 1.28 bits per heavy atom. The number of hydrogen-bond donors (Lipinski definition) is 2. The quantitative estimate of drug-likeness (QED) is 0.756.